The molecule has 1 aromatic carbocycles. The standard InChI is InChI=1S/C9H11ClN2O3/c1-6(13)5-11-8-4-2-3-7(10)9(8)12(14)15/h2-4,6,11,13H,5H2,1H3. The van der Waals surface area contributed by atoms with E-state index in [-0.39, 0.29) is 17.3 Å². The molecule has 82 valence electrons. The zero-order valence-electron chi connectivity index (χ0n) is 8.11. The van der Waals surface area contributed by atoms with Gasteiger partial charge in [0.1, 0.15) is 10.7 Å². The molecule has 0 amide bonds. The largest absolute Gasteiger partial charge is 0.392 e. The Bertz CT molecular complexity index is 368. The number of nitrogens with zero attached hydrogens (tertiary/aromatic N) is 1. The molecule has 0 radical (unpaired) electrons. The van der Waals surface area contributed by atoms with Crippen LogP contribution in [0.1, 0.15) is 6.92 Å². The third-order valence-electron chi connectivity index (χ3n) is 1.76. The van der Waals surface area contributed by atoms with Crippen molar-refractivity contribution >= 4 is 23.0 Å². The summed E-state index contributed by atoms with van der Waals surface area (Å²) in [7, 11) is 0. The van der Waals surface area contributed by atoms with Crippen molar-refractivity contribution in [1.82, 2.24) is 0 Å². The van der Waals surface area contributed by atoms with Crippen LogP contribution in [0, 0.1) is 10.1 Å². The van der Waals surface area contributed by atoms with Gasteiger partial charge in [0.15, 0.2) is 0 Å². The molecule has 0 spiro atoms. The fourth-order valence-electron chi connectivity index (χ4n) is 1.10. The highest BCUT2D eigenvalue weighted by Gasteiger charge is 2.17. The molecule has 1 atom stereocenters. The number of hydrogen-bond acceptors (Lipinski definition) is 4. The van der Waals surface area contributed by atoms with Crippen molar-refractivity contribution in [2.75, 3.05) is 11.9 Å². The molecule has 1 aromatic rings. The molecule has 0 fully saturated rings. The lowest BCUT2D eigenvalue weighted by Gasteiger charge is -2.09. The van der Waals surface area contributed by atoms with E-state index in [9.17, 15) is 10.1 Å². The van der Waals surface area contributed by atoms with E-state index < -0.39 is 11.0 Å². The van der Waals surface area contributed by atoms with Crippen LogP contribution in [0.25, 0.3) is 0 Å². The topological polar surface area (TPSA) is 75.4 Å². The Labute approximate surface area is 91.8 Å². The van der Waals surface area contributed by atoms with Crippen molar-refractivity contribution in [3.63, 3.8) is 0 Å². The summed E-state index contributed by atoms with van der Waals surface area (Å²) in [6, 6.07) is 4.61. The monoisotopic (exact) mass is 230 g/mol. The summed E-state index contributed by atoms with van der Waals surface area (Å²) < 4.78 is 0. The van der Waals surface area contributed by atoms with Gasteiger partial charge in [-0.15, -0.1) is 0 Å². The molecule has 0 aromatic heterocycles. The van der Waals surface area contributed by atoms with Gasteiger partial charge in [0.25, 0.3) is 0 Å². The molecule has 0 heterocycles. The van der Waals surface area contributed by atoms with Crippen LogP contribution >= 0.6 is 11.6 Å². The molecular weight excluding hydrogens is 220 g/mol. The zero-order valence-corrected chi connectivity index (χ0v) is 8.86. The molecule has 0 aliphatic carbocycles. The SMILES string of the molecule is CC(O)CNc1cccc(Cl)c1[N+](=O)[O-]. The van der Waals surface area contributed by atoms with Crippen LogP contribution < -0.4 is 5.32 Å². The quantitative estimate of drug-likeness (QED) is 0.613. The third kappa shape index (κ3) is 3.07. The molecule has 15 heavy (non-hydrogen) atoms. The third-order valence-corrected chi connectivity index (χ3v) is 2.06. The fraction of sp³-hybridized carbons (Fsp3) is 0.333. The van der Waals surface area contributed by atoms with Gasteiger partial charge in [-0.2, -0.15) is 0 Å². The second kappa shape index (κ2) is 4.95. The van der Waals surface area contributed by atoms with Gasteiger partial charge in [-0.05, 0) is 19.1 Å². The number of benzene rings is 1. The summed E-state index contributed by atoms with van der Waals surface area (Å²) in [6.07, 6.45) is -0.580. The Hall–Kier alpha value is -1.33. The number of hydrogen-bond donors (Lipinski definition) is 2. The van der Waals surface area contributed by atoms with Crippen molar-refractivity contribution < 1.29 is 10.0 Å². The Morgan fingerprint density at radius 2 is 2.33 bits per heavy atom. The number of nitro benzene ring substituents is 1. The van der Waals surface area contributed by atoms with E-state index in [0.29, 0.717) is 5.69 Å². The first-order valence-corrected chi connectivity index (χ1v) is 4.75. The number of nitro groups is 1. The minimum atomic E-state index is -0.580. The fourth-order valence-corrected chi connectivity index (χ4v) is 1.34. The highest BCUT2D eigenvalue weighted by atomic mass is 35.5. The molecule has 5 nitrogen and oxygen atoms in total. The Balaban J connectivity index is 2.96. The predicted molar refractivity (Wildman–Crippen MR) is 58.3 cm³/mol. The van der Waals surface area contributed by atoms with Crippen LogP contribution in [0.3, 0.4) is 0 Å². The molecule has 0 aliphatic rings. The van der Waals surface area contributed by atoms with E-state index in [0.717, 1.165) is 0 Å². The first-order chi connectivity index (χ1) is 7.02. The minimum absolute atomic E-state index is 0.0793. The smallest absolute Gasteiger partial charge is 0.310 e. The molecule has 0 saturated heterocycles. The van der Waals surface area contributed by atoms with Gasteiger partial charge in [0, 0.05) is 6.54 Å². The average molecular weight is 231 g/mol. The number of anilines is 1. The highest BCUT2D eigenvalue weighted by Crippen LogP contribution is 2.31. The van der Waals surface area contributed by atoms with Crippen molar-refractivity contribution in [2.45, 2.75) is 13.0 Å². The predicted octanol–water partition coefficient (Wildman–Crippen LogP) is 2.04. The Morgan fingerprint density at radius 3 is 2.87 bits per heavy atom. The van der Waals surface area contributed by atoms with Crippen LogP contribution in [0.4, 0.5) is 11.4 Å². The van der Waals surface area contributed by atoms with E-state index >= 15 is 0 Å². The number of aliphatic hydroxyl groups is 1. The van der Waals surface area contributed by atoms with Crippen molar-refractivity contribution in [1.29, 1.82) is 0 Å². The number of rotatable bonds is 4. The van der Waals surface area contributed by atoms with Gasteiger partial charge in [0.2, 0.25) is 0 Å². The van der Waals surface area contributed by atoms with Crippen LogP contribution in [-0.2, 0) is 0 Å². The Kier molecular flexibility index (Phi) is 3.88. The molecule has 6 heteroatoms. The summed E-state index contributed by atoms with van der Waals surface area (Å²) in [6.45, 7) is 1.82. The highest BCUT2D eigenvalue weighted by molar-refractivity contribution is 6.33. The van der Waals surface area contributed by atoms with Gasteiger partial charge < -0.3 is 10.4 Å². The van der Waals surface area contributed by atoms with Gasteiger partial charge in [-0.25, -0.2) is 0 Å². The lowest BCUT2D eigenvalue weighted by molar-refractivity contribution is -0.383. The maximum absolute atomic E-state index is 10.7. The summed E-state index contributed by atoms with van der Waals surface area (Å²) in [4.78, 5) is 10.2. The maximum atomic E-state index is 10.7. The Morgan fingerprint density at radius 1 is 1.67 bits per heavy atom. The van der Waals surface area contributed by atoms with E-state index in [4.69, 9.17) is 16.7 Å². The molecule has 1 rings (SSSR count). The van der Waals surface area contributed by atoms with Gasteiger partial charge in [0.05, 0.1) is 11.0 Å². The van der Waals surface area contributed by atoms with Crippen LogP contribution in [0.15, 0.2) is 18.2 Å². The van der Waals surface area contributed by atoms with E-state index in [2.05, 4.69) is 5.32 Å². The van der Waals surface area contributed by atoms with E-state index in [1.54, 1.807) is 19.1 Å². The number of nitrogens with one attached hydrogen (secondary N) is 1. The first kappa shape index (κ1) is 11.7. The lowest BCUT2D eigenvalue weighted by Crippen LogP contribution is -2.16. The van der Waals surface area contributed by atoms with Crippen LogP contribution in [0.2, 0.25) is 5.02 Å². The molecule has 0 aliphatic heterocycles. The summed E-state index contributed by atoms with van der Waals surface area (Å²) >= 11 is 5.70. The van der Waals surface area contributed by atoms with Gasteiger partial charge >= 0.3 is 5.69 Å². The second-order valence-corrected chi connectivity index (χ2v) is 3.53. The number of halogens is 1. The van der Waals surface area contributed by atoms with Crippen molar-refractivity contribution in [3.8, 4) is 0 Å². The summed E-state index contributed by atoms with van der Waals surface area (Å²) in [5.74, 6) is 0. The van der Waals surface area contributed by atoms with Crippen molar-refractivity contribution in [2.24, 2.45) is 0 Å². The lowest BCUT2D eigenvalue weighted by atomic mass is 10.2. The summed E-state index contributed by atoms with van der Waals surface area (Å²) in [5.41, 5.74) is 0.146. The van der Waals surface area contributed by atoms with Crippen molar-refractivity contribution in [3.05, 3.63) is 33.3 Å². The van der Waals surface area contributed by atoms with Crippen LogP contribution in [0.5, 0.6) is 0 Å². The number of aliphatic hydroxyl groups excluding tert-OH is 1. The second-order valence-electron chi connectivity index (χ2n) is 3.12. The van der Waals surface area contributed by atoms with Gasteiger partial charge in [-0.3, -0.25) is 10.1 Å². The molecular formula is C9H11ClN2O3. The maximum Gasteiger partial charge on any atom is 0.310 e. The van der Waals surface area contributed by atoms with Gasteiger partial charge in [-0.1, -0.05) is 17.7 Å². The molecule has 1 unspecified atom stereocenters. The zero-order chi connectivity index (χ0) is 11.4. The molecule has 0 bridgehead atoms. The van der Waals surface area contributed by atoms with E-state index in [1.165, 1.54) is 6.07 Å². The first-order valence-electron chi connectivity index (χ1n) is 4.37. The summed E-state index contributed by atoms with van der Waals surface area (Å²) in [5, 5.41) is 22.6. The van der Waals surface area contributed by atoms with E-state index in [1.807, 2.05) is 0 Å². The molecule has 0 saturated carbocycles. The number of para-hydroxylation sites is 1. The molecule has 2 N–H and O–H groups in total. The van der Waals surface area contributed by atoms with Crippen LogP contribution in [-0.4, -0.2) is 22.7 Å². The minimum Gasteiger partial charge on any atom is -0.392 e. The average Bonchev–Trinajstić information content (AvgIpc) is 2.13. The normalized spacial score (nSPS) is 12.2.